The van der Waals surface area contributed by atoms with Crippen LogP contribution in [-0.4, -0.2) is 25.1 Å². The Labute approximate surface area is 184 Å². The van der Waals surface area contributed by atoms with Crippen molar-refractivity contribution in [2.24, 2.45) is 5.10 Å². The van der Waals surface area contributed by atoms with Crippen molar-refractivity contribution in [3.05, 3.63) is 88.9 Å². The van der Waals surface area contributed by atoms with Crippen molar-refractivity contribution in [1.82, 2.24) is 5.43 Å². The zero-order valence-electron chi connectivity index (χ0n) is 16.7. The van der Waals surface area contributed by atoms with Crippen molar-refractivity contribution in [1.29, 1.82) is 0 Å². The zero-order chi connectivity index (χ0) is 22.1. The molecule has 0 saturated heterocycles. The molecule has 31 heavy (non-hydrogen) atoms. The van der Waals surface area contributed by atoms with Gasteiger partial charge in [-0.2, -0.15) is 5.10 Å². The molecule has 0 fully saturated rings. The summed E-state index contributed by atoms with van der Waals surface area (Å²) in [4.78, 5) is 23.8. The molecule has 3 rings (SSSR count). The molecule has 2 N–H and O–H groups in total. The lowest BCUT2D eigenvalue weighted by Crippen LogP contribution is -2.32. The number of hydrogen-bond donors (Lipinski definition) is 2. The van der Waals surface area contributed by atoms with Crippen LogP contribution in [0.25, 0.3) is 0 Å². The maximum Gasteiger partial charge on any atom is 0.329 e. The highest BCUT2D eigenvalue weighted by atomic mass is 35.5. The van der Waals surface area contributed by atoms with E-state index in [0.717, 1.165) is 11.1 Å². The number of methoxy groups -OCH3 is 1. The number of hydrogen-bond acceptors (Lipinski definition) is 5. The van der Waals surface area contributed by atoms with Crippen LogP contribution in [0.2, 0.25) is 5.02 Å². The van der Waals surface area contributed by atoms with E-state index in [1.807, 2.05) is 24.3 Å². The number of carbonyl (C=O) groups excluding carboxylic acids is 2. The molecule has 0 atom stereocenters. The number of rotatable bonds is 7. The number of hydrazone groups is 1. The Morgan fingerprint density at radius 1 is 0.968 bits per heavy atom. The Balaban J connectivity index is 1.48. The van der Waals surface area contributed by atoms with Gasteiger partial charge in [-0.15, -0.1) is 0 Å². The van der Waals surface area contributed by atoms with Gasteiger partial charge in [-0.1, -0.05) is 35.9 Å². The smallest absolute Gasteiger partial charge is 0.329 e. The van der Waals surface area contributed by atoms with Gasteiger partial charge in [-0.05, 0) is 48.0 Å². The summed E-state index contributed by atoms with van der Waals surface area (Å²) in [7, 11) is 1.51. The molecule has 3 aromatic rings. The molecule has 3 aromatic carbocycles. The van der Waals surface area contributed by atoms with Crippen molar-refractivity contribution >= 4 is 35.3 Å². The third-order valence-electron chi connectivity index (χ3n) is 4.15. The lowest BCUT2D eigenvalue weighted by molar-refractivity contribution is -0.136. The number of halogens is 1. The predicted molar refractivity (Wildman–Crippen MR) is 120 cm³/mol. The summed E-state index contributed by atoms with van der Waals surface area (Å²) in [6.07, 6.45) is 1.43. The first-order chi connectivity index (χ1) is 15.0. The number of ether oxygens (including phenoxy) is 2. The second-order valence-corrected chi connectivity index (χ2v) is 6.74. The van der Waals surface area contributed by atoms with Gasteiger partial charge in [-0.3, -0.25) is 9.59 Å². The molecular formula is C23H20ClN3O4. The normalized spacial score (nSPS) is 10.5. The first-order valence-electron chi connectivity index (χ1n) is 9.30. The van der Waals surface area contributed by atoms with Gasteiger partial charge in [0, 0.05) is 22.3 Å². The highest BCUT2D eigenvalue weighted by Gasteiger charge is 2.13. The number of benzene rings is 3. The molecule has 0 radical (unpaired) electrons. The van der Waals surface area contributed by atoms with Crippen LogP contribution in [0.3, 0.4) is 0 Å². The zero-order valence-corrected chi connectivity index (χ0v) is 17.4. The van der Waals surface area contributed by atoms with Gasteiger partial charge in [0.1, 0.15) is 18.1 Å². The highest BCUT2D eigenvalue weighted by Crippen LogP contribution is 2.19. The minimum Gasteiger partial charge on any atom is -0.497 e. The van der Waals surface area contributed by atoms with Gasteiger partial charge < -0.3 is 14.8 Å². The monoisotopic (exact) mass is 437 g/mol. The Kier molecular flexibility index (Phi) is 7.61. The number of nitrogens with one attached hydrogen (secondary N) is 2. The first kappa shape index (κ1) is 21.9. The molecule has 7 nitrogen and oxygen atoms in total. The lowest BCUT2D eigenvalue weighted by atomic mass is 10.2. The van der Waals surface area contributed by atoms with Gasteiger partial charge in [0.2, 0.25) is 0 Å². The van der Waals surface area contributed by atoms with E-state index in [4.69, 9.17) is 21.1 Å². The summed E-state index contributed by atoms with van der Waals surface area (Å²) in [6, 6.07) is 21.2. The summed E-state index contributed by atoms with van der Waals surface area (Å²) in [5.74, 6) is -0.498. The number of amides is 2. The standard InChI is InChI=1S/C23H20ClN3O4/c1-30-20-7-4-6-18(13-20)26-22(28)23(29)27-25-14-16-9-11-19(12-10-16)31-15-17-5-2-3-8-21(17)24/h2-14H,15H2,1H3,(H,26,28)(H,27,29)/b25-14-. The number of nitrogens with zero attached hydrogens (tertiary/aromatic N) is 1. The minimum absolute atomic E-state index is 0.353. The molecule has 0 aliphatic rings. The van der Waals surface area contributed by atoms with E-state index in [1.165, 1.54) is 13.3 Å². The fourth-order valence-corrected chi connectivity index (χ4v) is 2.72. The molecule has 0 heterocycles. The van der Waals surface area contributed by atoms with Crippen molar-refractivity contribution in [3.8, 4) is 11.5 Å². The molecule has 0 bridgehead atoms. The third kappa shape index (κ3) is 6.58. The highest BCUT2D eigenvalue weighted by molar-refractivity contribution is 6.39. The van der Waals surface area contributed by atoms with Crippen molar-refractivity contribution in [2.45, 2.75) is 6.61 Å². The molecule has 0 aliphatic carbocycles. The van der Waals surface area contributed by atoms with Crippen LogP contribution in [0.5, 0.6) is 11.5 Å². The second kappa shape index (κ2) is 10.8. The molecule has 0 aliphatic heterocycles. The van der Waals surface area contributed by atoms with Crippen molar-refractivity contribution in [2.75, 3.05) is 12.4 Å². The van der Waals surface area contributed by atoms with Crippen LogP contribution in [0.4, 0.5) is 5.69 Å². The Morgan fingerprint density at radius 2 is 1.74 bits per heavy atom. The van der Waals surface area contributed by atoms with Gasteiger partial charge in [0.05, 0.1) is 13.3 Å². The van der Waals surface area contributed by atoms with E-state index in [-0.39, 0.29) is 0 Å². The summed E-state index contributed by atoms with van der Waals surface area (Å²) in [6.45, 7) is 0.353. The van der Waals surface area contributed by atoms with Gasteiger partial charge >= 0.3 is 11.8 Å². The van der Waals surface area contributed by atoms with Gasteiger partial charge in [0.25, 0.3) is 0 Å². The van der Waals surface area contributed by atoms with E-state index in [9.17, 15) is 9.59 Å². The van der Waals surface area contributed by atoms with Crippen molar-refractivity contribution < 1.29 is 19.1 Å². The Bertz CT molecular complexity index is 1080. The molecule has 8 heteroatoms. The third-order valence-corrected chi connectivity index (χ3v) is 4.51. The summed E-state index contributed by atoms with van der Waals surface area (Å²) >= 11 is 6.11. The van der Waals surface area contributed by atoms with Gasteiger partial charge in [0.15, 0.2) is 0 Å². The van der Waals surface area contributed by atoms with E-state index in [1.54, 1.807) is 48.5 Å². The summed E-state index contributed by atoms with van der Waals surface area (Å²) < 4.78 is 10.8. The average molecular weight is 438 g/mol. The van der Waals surface area contributed by atoms with Crippen LogP contribution < -0.4 is 20.2 Å². The van der Waals surface area contributed by atoms with Gasteiger partial charge in [-0.25, -0.2) is 5.43 Å². The lowest BCUT2D eigenvalue weighted by Gasteiger charge is -2.07. The molecular weight excluding hydrogens is 418 g/mol. The van der Waals surface area contributed by atoms with Crippen LogP contribution in [0.1, 0.15) is 11.1 Å². The molecule has 0 unspecified atom stereocenters. The summed E-state index contributed by atoms with van der Waals surface area (Å²) in [5.41, 5.74) is 4.24. The van der Waals surface area contributed by atoms with E-state index >= 15 is 0 Å². The average Bonchev–Trinajstić information content (AvgIpc) is 2.79. The predicted octanol–water partition coefficient (Wildman–Crippen LogP) is 4.02. The number of anilines is 1. The maximum atomic E-state index is 11.9. The van der Waals surface area contributed by atoms with Crippen molar-refractivity contribution in [3.63, 3.8) is 0 Å². The molecule has 0 saturated carbocycles. The Hall–Kier alpha value is -3.84. The molecule has 158 valence electrons. The fourth-order valence-electron chi connectivity index (χ4n) is 2.53. The molecule has 0 spiro atoms. The topological polar surface area (TPSA) is 89.0 Å². The van der Waals surface area contributed by atoms with Crippen LogP contribution in [-0.2, 0) is 16.2 Å². The fraction of sp³-hybridized carbons (Fsp3) is 0.0870. The van der Waals surface area contributed by atoms with Crippen LogP contribution in [0, 0.1) is 0 Å². The Morgan fingerprint density at radius 3 is 2.48 bits per heavy atom. The minimum atomic E-state index is -0.890. The van der Waals surface area contributed by atoms with E-state index in [2.05, 4.69) is 15.8 Å². The van der Waals surface area contributed by atoms with Crippen LogP contribution in [0.15, 0.2) is 77.9 Å². The first-order valence-corrected chi connectivity index (χ1v) is 9.67. The summed E-state index contributed by atoms with van der Waals surface area (Å²) in [5, 5.41) is 6.93. The SMILES string of the molecule is COc1cccc(NC(=O)C(=O)N/N=C\c2ccc(OCc3ccccc3Cl)cc2)c1. The van der Waals surface area contributed by atoms with E-state index in [0.29, 0.717) is 28.8 Å². The number of carbonyl (C=O) groups is 2. The van der Waals surface area contributed by atoms with Crippen LogP contribution >= 0.6 is 11.6 Å². The molecule has 2 amide bonds. The maximum absolute atomic E-state index is 11.9. The quantitative estimate of drug-likeness (QED) is 0.332. The van der Waals surface area contributed by atoms with E-state index < -0.39 is 11.8 Å². The second-order valence-electron chi connectivity index (χ2n) is 6.33. The molecule has 0 aromatic heterocycles. The largest absolute Gasteiger partial charge is 0.497 e.